The van der Waals surface area contributed by atoms with Crippen LogP contribution in [0.25, 0.3) is 0 Å². The topological polar surface area (TPSA) is 58.4 Å². The van der Waals surface area contributed by atoms with Crippen LogP contribution in [0.15, 0.2) is 6.20 Å². The van der Waals surface area contributed by atoms with Gasteiger partial charge in [-0.15, -0.1) is 0 Å². The molecule has 1 amide bonds. The number of piperidine rings is 1. The number of likely N-dealkylation sites (tertiary alicyclic amines) is 1. The molecule has 1 saturated heterocycles. The molecule has 1 saturated carbocycles. The van der Waals surface area contributed by atoms with Crippen molar-refractivity contribution in [2.45, 2.75) is 57.6 Å². The molecule has 20 heavy (non-hydrogen) atoms. The number of aromatic nitrogens is 2. The number of carbonyl (C=O) groups is 1. The fourth-order valence-electron chi connectivity index (χ4n) is 3.46. The average Bonchev–Trinajstić information content (AvgIpc) is 3.07. The summed E-state index contributed by atoms with van der Waals surface area (Å²) < 4.78 is 2.03. The summed E-state index contributed by atoms with van der Waals surface area (Å²) in [5.41, 5.74) is 1.67. The van der Waals surface area contributed by atoms with Gasteiger partial charge in [-0.2, -0.15) is 5.10 Å². The van der Waals surface area contributed by atoms with Gasteiger partial charge in [-0.25, -0.2) is 0 Å². The maximum absolute atomic E-state index is 12.6. The Morgan fingerprint density at radius 2 is 2.05 bits per heavy atom. The average molecular weight is 277 g/mol. The van der Waals surface area contributed by atoms with Crippen molar-refractivity contribution in [2.75, 3.05) is 13.1 Å². The predicted octanol–water partition coefficient (Wildman–Crippen LogP) is 1.90. The highest BCUT2D eigenvalue weighted by atomic mass is 16.3. The molecule has 0 bridgehead atoms. The van der Waals surface area contributed by atoms with Gasteiger partial charge in [-0.05, 0) is 32.6 Å². The third-order valence-corrected chi connectivity index (χ3v) is 4.63. The molecule has 2 aliphatic rings. The number of hydrogen-bond acceptors (Lipinski definition) is 3. The van der Waals surface area contributed by atoms with E-state index in [1.165, 1.54) is 25.7 Å². The largest absolute Gasteiger partial charge is 0.391 e. The van der Waals surface area contributed by atoms with E-state index in [9.17, 15) is 9.90 Å². The van der Waals surface area contributed by atoms with Crippen LogP contribution in [0.2, 0.25) is 0 Å². The summed E-state index contributed by atoms with van der Waals surface area (Å²) in [6.45, 7) is 3.18. The Bertz CT molecular complexity index is 491. The molecule has 0 radical (unpaired) electrons. The molecule has 2 fully saturated rings. The van der Waals surface area contributed by atoms with E-state index in [2.05, 4.69) is 5.10 Å². The van der Waals surface area contributed by atoms with Gasteiger partial charge in [0.1, 0.15) is 0 Å². The molecule has 1 atom stereocenters. The zero-order valence-corrected chi connectivity index (χ0v) is 12.1. The van der Waals surface area contributed by atoms with E-state index in [-0.39, 0.29) is 12.0 Å². The molecule has 1 unspecified atom stereocenters. The number of amides is 1. The number of rotatable bonds is 2. The normalized spacial score (nSPS) is 24.3. The van der Waals surface area contributed by atoms with Gasteiger partial charge in [-0.3, -0.25) is 9.48 Å². The lowest BCUT2D eigenvalue weighted by Gasteiger charge is -2.30. The highest BCUT2D eigenvalue weighted by Crippen LogP contribution is 2.30. The van der Waals surface area contributed by atoms with Crippen molar-refractivity contribution in [3.63, 3.8) is 0 Å². The minimum atomic E-state index is -0.377. The zero-order valence-electron chi connectivity index (χ0n) is 12.1. The Balaban J connectivity index is 1.78. The van der Waals surface area contributed by atoms with Crippen LogP contribution in [0, 0.1) is 6.92 Å². The van der Waals surface area contributed by atoms with Gasteiger partial charge in [0.25, 0.3) is 5.91 Å². The number of aliphatic hydroxyl groups is 1. The first kappa shape index (κ1) is 13.6. The van der Waals surface area contributed by atoms with Crippen LogP contribution in [0.4, 0.5) is 0 Å². The van der Waals surface area contributed by atoms with E-state index >= 15 is 0 Å². The quantitative estimate of drug-likeness (QED) is 0.898. The summed E-state index contributed by atoms with van der Waals surface area (Å²) in [4.78, 5) is 14.3. The monoisotopic (exact) mass is 277 g/mol. The molecule has 1 aromatic rings. The van der Waals surface area contributed by atoms with Gasteiger partial charge in [0.15, 0.2) is 0 Å². The van der Waals surface area contributed by atoms with E-state index in [0.29, 0.717) is 18.2 Å². The van der Waals surface area contributed by atoms with Gasteiger partial charge in [0.05, 0.1) is 23.9 Å². The highest BCUT2D eigenvalue weighted by molar-refractivity contribution is 5.95. The Kier molecular flexibility index (Phi) is 3.78. The van der Waals surface area contributed by atoms with Gasteiger partial charge in [-0.1, -0.05) is 12.8 Å². The lowest BCUT2D eigenvalue weighted by atomic mass is 10.1. The highest BCUT2D eigenvalue weighted by Gasteiger charge is 2.27. The number of β-amino-alcohol motifs (C(OH)–C–C–N with tert-alkyl or cyclic N) is 1. The van der Waals surface area contributed by atoms with Crippen LogP contribution in [0.1, 0.15) is 60.6 Å². The second-order valence-corrected chi connectivity index (χ2v) is 6.07. The molecule has 110 valence electrons. The van der Waals surface area contributed by atoms with Crippen LogP contribution in [0.3, 0.4) is 0 Å². The Labute approximate surface area is 119 Å². The predicted molar refractivity (Wildman–Crippen MR) is 75.6 cm³/mol. The lowest BCUT2D eigenvalue weighted by Crippen LogP contribution is -2.42. The SMILES string of the molecule is Cc1c(C(=O)N2CCCC(O)C2)cnn1C1CCCC1. The van der Waals surface area contributed by atoms with Crippen LogP contribution in [-0.4, -0.2) is 44.9 Å². The smallest absolute Gasteiger partial charge is 0.257 e. The van der Waals surface area contributed by atoms with Crippen LogP contribution in [-0.2, 0) is 0 Å². The number of aliphatic hydroxyl groups excluding tert-OH is 1. The van der Waals surface area contributed by atoms with Crippen molar-refractivity contribution < 1.29 is 9.90 Å². The van der Waals surface area contributed by atoms with Gasteiger partial charge >= 0.3 is 0 Å². The minimum Gasteiger partial charge on any atom is -0.391 e. The second kappa shape index (κ2) is 5.56. The second-order valence-electron chi connectivity index (χ2n) is 6.07. The summed E-state index contributed by atoms with van der Waals surface area (Å²) in [5, 5.41) is 14.1. The van der Waals surface area contributed by atoms with Crippen molar-refractivity contribution in [1.82, 2.24) is 14.7 Å². The molecule has 5 nitrogen and oxygen atoms in total. The van der Waals surface area contributed by atoms with Crippen molar-refractivity contribution in [3.8, 4) is 0 Å². The first-order chi connectivity index (χ1) is 9.66. The Hall–Kier alpha value is -1.36. The van der Waals surface area contributed by atoms with Crippen molar-refractivity contribution >= 4 is 5.91 Å². The third-order valence-electron chi connectivity index (χ3n) is 4.63. The van der Waals surface area contributed by atoms with E-state index in [0.717, 1.165) is 25.1 Å². The lowest BCUT2D eigenvalue weighted by molar-refractivity contribution is 0.0473. The summed E-state index contributed by atoms with van der Waals surface area (Å²) >= 11 is 0. The van der Waals surface area contributed by atoms with E-state index in [1.54, 1.807) is 11.1 Å². The number of hydrogen-bond donors (Lipinski definition) is 1. The standard InChI is InChI=1S/C15H23N3O2/c1-11-14(9-16-18(11)12-5-2-3-6-12)15(20)17-8-4-7-13(19)10-17/h9,12-13,19H,2-8,10H2,1H3. The molecular formula is C15H23N3O2. The van der Waals surface area contributed by atoms with E-state index in [1.807, 2.05) is 11.6 Å². The molecule has 1 aliphatic heterocycles. The minimum absolute atomic E-state index is 0.0190. The fourth-order valence-corrected chi connectivity index (χ4v) is 3.46. The zero-order chi connectivity index (χ0) is 14.1. The van der Waals surface area contributed by atoms with E-state index < -0.39 is 0 Å². The summed E-state index contributed by atoms with van der Waals surface area (Å²) in [7, 11) is 0. The Morgan fingerprint density at radius 3 is 2.75 bits per heavy atom. The maximum Gasteiger partial charge on any atom is 0.257 e. The Morgan fingerprint density at radius 1 is 1.30 bits per heavy atom. The fraction of sp³-hybridized carbons (Fsp3) is 0.733. The summed E-state index contributed by atoms with van der Waals surface area (Å²) in [6, 6.07) is 0.462. The van der Waals surface area contributed by atoms with Crippen molar-refractivity contribution in [1.29, 1.82) is 0 Å². The van der Waals surface area contributed by atoms with Gasteiger partial charge in [0.2, 0.25) is 0 Å². The summed E-state index contributed by atoms with van der Waals surface area (Å²) in [6.07, 6.45) is 7.84. The molecule has 1 aromatic heterocycles. The maximum atomic E-state index is 12.6. The molecular weight excluding hydrogens is 254 g/mol. The van der Waals surface area contributed by atoms with E-state index in [4.69, 9.17) is 0 Å². The number of nitrogens with zero attached hydrogens (tertiary/aromatic N) is 3. The van der Waals surface area contributed by atoms with Crippen LogP contribution >= 0.6 is 0 Å². The first-order valence-electron chi connectivity index (χ1n) is 7.68. The first-order valence-corrected chi connectivity index (χ1v) is 7.68. The summed E-state index contributed by atoms with van der Waals surface area (Å²) in [5.74, 6) is 0.0190. The molecule has 3 rings (SSSR count). The van der Waals surface area contributed by atoms with Crippen molar-refractivity contribution in [3.05, 3.63) is 17.5 Å². The van der Waals surface area contributed by atoms with Crippen LogP contribution in [0.5, 0.6) is 0 Å². The molecule has 2 heterocycles. The van der Waals surface area contributed by atoms with Gasteiger partial charge in [0, 0.05) is 18.8 Å². The number of carbonyl (C=O) groups excluding carboxylic acids is 1. The molecule has 1 aliphatic carbocycles. The molecule has 0 aromatic carbocycles. The van der Waals surface area contributed by atoms with Gasteiger partial charge < -0.3 is 10.0 Å². The third kappa shape index (κ3) is 2.46. The molecule has 0 spiro atoms. The molecule has 5 heteroatoms. The van der Waals surface area contributed by atoms with Crippen molar-refractivity contribution in [2.24, 2.45) is 0 Å². The van der Waals surface area contributed by atoms with Crippen LogP contribution < -0.4 is 0 Å². The molecule has 1 N–H and O–H groups in total.